The maximum Gasteiger partial charge on any atom is 0.408 e. The lowest BCUT2D eigenvalue weighted by Gasteiger charge is -2.21. The fourth-order valence-corrected chi connectivity index (χ4v) is 1.23. The lowest BCUT2D eigenvalue weighted by Crippen LogP contribution is -2.41. The van der Waals surface area contributed by atoms with Gasteiger partial charge in [-0.1, -0.05) is 0 Å². The molecule has 1 atom stereocenters. The first-order valence-corrected chi connectivity index (χ1v) is 5.59. The molecule has 0 saturated heterocycles. The number of carbonyl (C=O) groups excluding carboxylic acids is 2. The van der Waals surface area contributed by atoms with Crippen LogP contribution < -0.4 is 5.32 Å². The van der Waals surface area contributed by atoms with Gasteiger partial charge in [0.1, 0.15) is 5.60 Å². The third kappa shape index (κ3) is 4.15. The maximum absolute atomic E-state index is 11.9. The second kappa shape index (κ2) is 5.16. The van der Waals surface area contributed by atoms with Gasteiger partial charge in [0, 0.05) is 7.05 Å². The third-order valence-electron chi connectivity index (χ3n) is 1.98. The number of rotatable bonds is 3. The molecular formula is C11H18N4O3. The molecule has 7 nitrogen and oxygen atoms in total. The molecule has 7 heteroatoms. The summed E-state index contributed by atoms with van der Waals surface area (Å²) in [5, 5.41) is 10.1. The molecule has 1 aromatic heterocycles. The zero-order valence-corrected chi connectivity index (χ0v) is 11.2. The van der Waals surface area contributed by atoms with Crippen molar-refractivity contribution >= 4 is 11.9 Å². The molecule has 1 unspecified atom stereocenters. The van der Waals surface area contributed by atoms with Crippen molar-refractivity contribution in [2.45, 2.75) is 39.3 Å². The fourth-order valence-electron chi connectivity index (χ4n) is 1.23. The monoisotopic (exact) mass is 254 g/mol. The van der Waals surface area contributed by atoms with E-state index >= 15 is 0 Å². The predicted octanol–water partition coefficient (Wildman–Crippen LogP) is 0.911. The van der Waals surface area contributed by atoms with E-state index in [4.69, 9.17) is 4.74 Å². The molecule has 1 N–H and O–H groups in total. The Hall–Kier alpha value is -1.92. The van der Waals surface area contributed by atoms with Crippen LogP contribution in [-0.2, 0) is 11.8 Å². The van der Waals surface area contributed by atoms with E-state index in [-0.39, 0.29) is 11.5 Å². The van der Waals surface area contributed by atoms with Crippen LogP contribution in [-0.4, -0.2) is 38.5 Å². The summed E-state index contributed by atoms with van der Waals surface area (Å²) < 4.78 is 5.06. The van der Waals surface area contributed by atoms with Crippen molar-refractivity contribution in [3.05, 3.63) is 11.9 Å². The van der Waals surface area contributed by atoms with E-state index < -0.39 is 17.7 Å². The SMILES string of the molecule is CC(NC(=O)OC(C)(C)C)C(=O)c1cnn(C)n1. The molecule has 0 radical (unpaired) electrons. The van der Waals surface area contributed by atoms with Crippen LogP contribution in [0.1, 0.15) is 38.2 Å². The zero-order chi connectivity index (χ0) is 13.9. The molecule has 0 aliphatic heterocycles. The minimum atomic E-state index is -0.712. The summed E-state index contributed by atoms with van der Waals surface area (Å²) in [5.74, 6) is -0.311. The maximum atomic E-state index is 11.9. The highest BCUT2D eigenvalue weighted by Crippen LogP contribution is 2.07. The first-order valence-electron chi connectivity index (χ1n) is 5.59. The predicted molar refractivity (Wildman–Crippen MR) is 64.2 cm³/mol. The summed E-state index contributed by atoms with van der Waals surface area (Å²) in [6, 6.07) is -0.712. The van der Waals surface area contributed by atoms with Crippen molar-refractivity contribution < 1.29 is 14.3 Å². The van der Waals surface area contributed by atoms with Gasteiger partial charge in [0.15, 0.2) is 5.69 Å². The Morgan fingerprint density at radius 3 is 2.50 bits per heavy atom. The average Bonchev–Trinajstić information content (AvgIpc) is 2.60. The minimum absolute atomic E-state index is 0.209. The second-order valence-corrected chi connectivity index (χ2v) is 4.95. The largest absolute Gasteiger partial charge is 0.444 e. The number of Topliss-reactive ketones (excluding diaryl/α,β-unsaturated/α-hetero) is 1. The molecule has 0 aliphatic rings. The number of aromatic nitrogens is 3. The van der Waals surface area contributed by atoms with Gasteiger partial charge in [-0.05, 0) is 27.7 Å². The van der Waals surface area contributed by atoms with Crippen LogP contribution in [0.5, 0.6) is 0 Å². The molecule has 0 fully saturated rings. The number of ketones is 1. The Kier molecular flexibility index (Phi) is 4.05. The quantitative estimate of drug-likeness (QED) is 0.810. The van der Waals surface area contributed by atoms with E-state index in [0.717, 1.165) is 0 Å². The van der Waals surface area contributed by atoms with E-state index in [1.165, 1.54) is 11.0 Å². The second-order valence-electron chi connectivity index (χ2n) is 4.95. The number of aryl methyl sites for hydroxylation is 1. The van der Waals surface area contributed by atoms with E-state index in [1.807, 2.05) is 0 Å². The van der Waals surface area contributed by atoms with Crippen LogP contribution in [0.25, 0.3) is 0 Å². The van der Waals surface area contributed by atoms with Crippen molar-refractivity contribution in [1.29, 1.82) is 0 Å². The molecule has 0 spiro atoms. The van der Waals surface area contributed by atoms with E-state index in [2.05, 4.69) is 15.5 Å². The first-order chi connectivity index (χ1) is 8.19. The summed E-state index contributed by atoms with van der Waals surface area (Å²) in [6.07, 6.45) is 0.725. The molecule has 1 heterocycles. The van der Waals surface area contributed by atoms with Gasteiger partial charge in [-0.25, -0.2) is 4.79 Å². The van der Waals surface area contributed by atoms with Crippen molar-refractivity contribution in [2.75, 3.05) is 0 Å². The van der Waals surface area contributed by atoms with E-state index in [9.17, 15) is 9.59 Å². The lowest BCUT2D eigenvalue weighted by molar-refractivity contribution is 0.0496. The summed E-state index contributed by atoms with van der Waals surface area (Å²) in [4.78, 5) is 24.6. The topological polar surface area (TPSA) is 86.1 Å². The van der Waals surface area contributed by atoms with Crippen LogP contribution in [0.2, 0.25) is 0 Å². The van der Waals surface area contributed by atoms with Crippen LogP contribution >= 0.6 is 0 Å². The first kappa shape index (κ1) is 14.1. The molecule has 100 valence electrons. The number of ether oxygens (including phenoxy) is 1. The van der Waals surface area contributed by atoms with Crippen LogP contribution in [0.4, 0.5) is 4.79 Å². The number of alkyl carbamates (subject to hydrolysis) is 1. The standard InChI is InChI=1S/C11H18N4O3/c1-7(13-10(17)18-11(2,3)4)9(16)8-6-12-15(5)14-8/h6-7H,1-5H3,(H,13,17). The number of hydrogen-bond acceptors (Lipinski definition) is 5. The van der Waals surface area contributed by atoms with Gasteiger partial charge in [-0.3, -0.25) is 4.79 Å². The average molecular weight is 254 g/mol. The minimum Gasteiger partial charge on any atom is -0.444 e. The van der Waals surface area contributed by atoms with E-state index in [1.54, 1.807) is 34.7 Å². The highest BCUT2D eigenvalue weighted by molar-refractivity contribution is 5.99. The fraction of sp³-hybridized carbons (Fsp3) is 0.636. The van der Waals surface area contributed by atoms with Gasteiger partial charge in [0.2, 0.25) is 5.78 Å². The summed E-state index contributed by atoms with van der Waals surface area (Å²) >= 11 is 0. The van der Waals surface area contributed by atoms with Crippen molar-refractivity contribution in [3.63, 3.8) is 0 Å². The Labute approximate surface area is 105 Å². The Balaban J connectivity index is 2.58. The number of amides is 1. The van der Waals surface area contributed by atoms with Crippen LogP contribution in [0.3, 0.4) is 0 Å². The molecular weight excluding hydrogens is 236 g/mol. The summed E-state index contributed by atoms with van der Waals surface area (Å²) in [7, 11) is 1.61. The van der Waals surface area contributed by atoms with Gasteiger partial charge in [-0.2, -0.15) is 15.0 Å². The van der Waals surface area contributed by atoms with Crippen molar-refractivity contribution in [1.82, 2.24) is 20.3 Å². The number of nitrogens with zero attached hydrogens (tertiary/aromatic N) is 3. The lowest BCUT2D eigenvalue weighted by atomic mass is 10.2. The number of hydrogen-bond donors (Lipinski definition) is 1. The zero-order valence-electron chi connectivity index (χ0n) is 11.2. The van der Waals surface area contributed by atoms with Gasteiger partial charge in [-0.15, -0.1) is 0 Å². The van der Waals surface area contributed by atoms with Gasteiger partial charge in [0.05, 0.1) is 12.2 Å². The normalized spacial score (nSPS) is 12.9. The summed E-state index contributed by atoms with van der Waals surface area (Å²) in [6.45, 7) is 6.83. The summed E-state index contributed by atoms with van der Waals surface area (Å²) in [5.41, 5.74) is -0.389. The Bertz CT molecular complexity index is 447. The molecule has 0 aromatic carbocycles. The Morgan fingerprint density at radius 2 is 2.06 bits per heavy atom. The molecule has 1 amide bonds. The van der Waals surface area contributed by atoms with Gasteiger partial charge in [0.25, 0.3) is 0 Å². The molecule has 0 saturated carbocycles. The Morgan fingerprint density at radius 1 is 1.44 bits per heavy atom. The highest BCUT2D eigenvalue weighted by Gasteiger charge is 2.23. The van der Waals surface area contributed by atoms with Gasteiger partial charge >= 0.3 is 6.09 Å². The van der Waals surface area contributed by atoms with Crippen LogP contribution in [0, 0.1) is 0 Å². The molecule has 1 aromatic rings. The number of nitrogens with one attached hydrogen (secondary N) is 1. The third-order valence-corrected chi connectivity index (χ3v) is 1.98. The van der Waals surface area contributed by atoms with Crippen molar-refractivity contribution in [2.24, 2.45) is 7.05 Å². The van der Waals surface area contributed by atoms with Crippen LogP contribution in [0.15, 0.2) is 6.20 Å². The molecule has 18 heavy (non-hydrogen) atoms. The smallest absolute Gasteiger partial charge is 0.408 e. The van der Waals surface area contributed by atoms with Crippen molar-refractivity contribution in [3.8, 4) is 0 Å². The molecule has 1 rings (SSSR count). The number of carbonyl (C=O) groups is 2. The highest BCUT2D eigenvalue weighted by atomic mass is 16.6. The van der Waals surface area contributed by atoms with E-state index in [0.29, 0.717) is 0 Å². The molecule has 0 aliphatic carbocycles. The molecule has 0 bridgehead atoms. The van der Waals surface area contributed by atoms with Gasteiger partial charge < -0.3 is 10.1 Å².